The van der Waals surface area contributed by atoms with Gasteiger partial charge in [-0.05, 0) is 17.7 Å². The molecule has 0 atom stereocenters. The Bertz CT molecular complexity index is 698. The lowest BCUT2D eigenvalue weighted by Crippen LogP contribution is -2.20. The number of hydrogen-bond acceptors (Lipinski definition) is 3. The van der Waals surface area contributed by atoms with E-state index in [-0.39, 0.29) is 12.2 Å². The van der Waals surface area contributed by atoms with Crippen molar-refractivity contribution in [3.63, 3.8) is 0 Å². The summed E-state index contributed by atoms with van der Waals surface area (Å²) in [5.41, 5.74) is -0.862. The summed E-state index contributed by atoms with van der Waals surface area (Å²) in [6.07, 6.45) is 0.989. The number of H-pyrrole nitrogens is 1. The maximum atomic E-state index is 13.0. The normalized spacial score (nSPS) is 10.4. The molecule has 0 aliphatic heterocycles. The van der Waals surface area contributed by atoms with Crippen LogP contribution in [0.25, 0.3) is 0 Å². The van der Waals surface area contributed by atoms with Gasteiger partial charge in [-0.3, -0.25) is 4.79 Å². The van der Waals surface area contributed by atoms with Crippen LogP contribution in [-0.2, 0) is 6.42 Å². The number of hydrogen-bond donors (Lipinski definition) is 2. The van der Waals surface area contributed by atoms with Gasteiger partial charge >= 0.3 is 5.97 Å². The molecule has 0 saturated carbocycles. The largest absolute Gasteiger partial charge is 0.477 e. The number of aromatic nitrogens is 2. The Labute approximate surface area is 105 Å². The minimum absolute atomic E-state index is 0.0618. The molecule has 0 radical (unpaired) electrons. The Hall–Kier alpha value is -2.57. The Morgan fingerprint density at radius 2 is 2.05 bits per heavy atom. The van der Waals surface area contributed by atoms with Crippen LogP contribution in [-0.4, -0.2) is 21.0 Å². The van der Waals surface area contributed by atoms with Crippen molar-refractivity contribution in [1.82, 2.24) is 9.97 Å². The van der Waals surface area contributed by atoms with Crippen LogP contribution in [0, 0.1) is 11.6 Å². The Morgan fingerprint density at radius 1 is 1.32 bits per heavy atom. The van der Waals surface area contributed by atoms with E-state index in [1.54, 1.807) is 0 Å². The maximum absolute atomic E-state index is 13.0. The van der Waals surface area contributed by atoms with Crippen molar-refractivity contribution in [3.05, 3.63) is 63.3 Å². The number of halogens is 2. The maximum Gasteiger partial charge on any atom is 0.342 e. The number of rotatable bonds is 3. The van der Waals surface area contributed by atoms with Crippen LogP contribution in [0.5, 0.6) is 0 Å². The summed E-state index contributed by atoms with van der Waals surface area (Å²) in [7, 11) is 0. The van der Waals surface area contributed by atoms with E-state index in [9.17, 15) is 18.4 Å². The molecule has 0 saturated heterocycles. The van der Waals surface area contributed by atoms with E-state index in [4.69, 9.17) is 5.11 Å². The van der Waals surface area contributed by atoms with Crippen LogP contribution in [0.1, 0.15) is 21.7 Å². The second-order valence-electron chi connectivity index (χ2n) is 3.80. The quantitative estimate of drug-likeness (QED) is 0.878. The molecule has 0 aliphatic rings. The molecule has 19 heavy (non-hydrogen) atoms. The molecule has 2 aromatic rings. The van der Waals surface area contributed by atoms with E-state index in [1.807, 2.05) is 0 Å². The number of aromatic amines is 1. The van der Waals surface area contributed by atoms with Gasteiger partial charge in [0.15, 0.2) is 11.6 Å². The topological polar surface area (TPSA) is 83.0 Å². The summed E-state index contributed by atoms with van der Waals surface area (Å²) >= 11 is 0. The Morgan fingerprint density at radius 3 is 2.63 bits per heavy atom. The summed E-state index contributed by atoms with van der Waals surface area (Å²) in [5, 5.41) is 8.66. The number of carboxylic acids is 1. The monoisotopic (exact) mass is 266 g/mol. The molecule has 1 aromatic heterocycles. The first-order valence-corrected chi connectivity index (χ1v) is 5.23. The van der Waals surface area contributed by atoms with E-state index in [2.05, 4.69) is 9.97 Å². The van der Waals surface area contributed by atoms with Gasteiger partial charge in [0.1, 0.15) is 11.4 Å². The third kappa shape index (κ3) is 2.82. The highest BCUT2D eigenvalue weighted by atomic mass is 19.2. The smallest absolute Gasteiger partial charge is 0.342 e. The number of nitrogens with one attached hydrogen (secondary N) is 1. The van der Waals surface area contributed by atoms with Gasteiger partial charge in [-0.2, -0.15) is 0 Å². The molecular formula is C12H8F2N2O3. The number of benzene rings is 1. The molecule has 7 heteroatoms. The zero-order valence-electron chi connectivity index (χ0n) is 9.48. The van der Waals surface area contributed by atoms with Crippen molar-refractivity contribution in [2.45, 2.75) is 6.42 Å². The molecule has 0 fully saturated rings. The van der Waals surface area contributed by atoms with Crippen molar-refractivity contribution in [2.75, 3.05) is 0 Å². The summed E-state index contributed by atoms with van der Waals surface area (Å²) in [4.78, 5) is 28.0. The van der Waals surface area contributed by atoms with Gasteiger partial charge in [0.25, 0.3) is 5.56 Å². The van der Waals surface area contributed by atoms with Crippen LogP contribution in [0.2, 0.25) is 0 Å². The average Bonchev–Trinajstić information content (AvgIpc) is 2.33. The summed E-state index contributed by atoms with van der Waals surface area (Å²) < 4.78 is 25.7. The molecule has 1 aromatic carbocycles. The summed E-state index contributed by atoms with van der Waals surface area (Å²) in [6.45, 7) is 0. The first kappa shape index (κ1) is 12.9. The minimum atomic E-state index is -1.38. The zero-order chi connectivity index (χ0) is 14.0. The van der Waals surface area contributed by atoms with Crippen LogP contribution in [0.3, 0.4) is 0 Å². The third-order valence-corrected chi connectivity index (χ3v) is 2.44. The van der Waals surface area contributed by atoms with Crippen molar-refractivity contribution in [2.24, 2.45) is 0 Å². The van der Waals surface area contributed by atoms with E-state index >= 15 is 0 Å². The molecule has 0 amide bonds. The van der Waals surface area contributed by atoms with Gasteiger partial charge in [-0.1, -0.05) is 6.07 Å². The van der Waals surface area contributed by atoms with Gasteiger partial charge < -0.3 is 10.1 Å². The van der Waals surface area contributed by atoms with Crippen LogP contribution in [0.15, 0.2) is 29.2 Å². The van der Waals surface area contributed by atoms with Crippen molar-refractivity contribution in [3.8, 4) is 0 Å². The van der Waals surface area contributed by atoms with Crippen LogP contribution in [0.4, 0.5) is 8.78 Å². The Kier molecular flexibility index (Phi) is 3.37. The highest BCUT2D eigenvalue weighted by Gasteiger charge is 2.10. The fourth-order valence-electron chi connectivity index (χ4n) is 1.52. The first-order chi connectivity index (χ1) is 8.97. The van der Waals surface area contributed by atoms with E-state index < -0.39 is 28.7 Å². The molecule has 0 bridgehead atoms. The number of nitrogens with zero attached hydrogens (tertiary/aromatic N) is 1. The molecule has 0 aliphatic carbocycles. The molecule has 1 heterocycles. The van der Waals surface area contributed by atoms with Crippen molar-refractivity contribution >= 4 is 5.97 Å². The summed E-state index contributed by atoms with van der Waals surface area (Å²) in [6, 6.07) is 3.30. The molecule has 0 unspecified atom stereocenters. The van der Waals surface area contributed by atoms with Gasteiger partial charge in [0.2, 0.25) is 0 Å². The number of aromatic carboxylic acids is 1. The minimum Gasteiger partial charge on any atom is -0.477 e. The average molecular weight is 266 g/mol. The van der Waals surface area contributed by atoms with Crippen molar-refractivity contribution < 1.29 is 18.7 Å². The molecule has 2 rings (SSSR count). The van der Waals surface area contributed by atoms with E-state index in [0.29, 0.717) is 5.56 Å². The van der Waals surface area contributed by atoms with E-state index in [0.717, 1.165) is 18.3 Å². The standard InChI is InChI=1S/C12H8F2N2O3/c13-8-2-1-6(3-9(8)14)4-10-15-5-7(12(18)19)11(17)16-10/h1-3,5H,4H2,(H,18,19)(H,15,16,17). The SMILES string of the molecule is O=C(O)c1cnc(Cc2ccc(F)c(F)c2)[nH]c1=O. The lowest BCUT2D eigenvalue weighted by molar-refractivity contribution is 0.0694. The fourth-order valence-corrected chi connectivity index (χ4v) is 1.52. The fraction of sp³-hybridized carbons (Fsp3) is 0.0833. The second kappa shape index (κ2) is 4.97. The van der Waals surface area contributed by atoms with Crippen LogP contribution >= 0.6 is 0 Å². The predicted octanol–water partition coefficient (Wildman–Crippen LogP) is 1.34. The predicted molar refractivity (Wildman–Crippen MR) is 61.0 cm³/mol. The Balaban J connectivity index is 2.29. The molecular weight excluding hydrogens is 258 g/mol. The lowest BCUT2D eigenvalue weighted by atomic mass is 10.1. The highest BCUT2D eigenvalue weighted by molar-refractivity contribution is 5.86. The van der Waals surface area contributed by atoms with Crippen LogP contribution < -0.4 is 5.56 Å². The second-order valence-corrected chi connectivity index (χ2v) is 3.80. The third-order valence-electron chi connectivity index (χ3n) is 2.44. The first-order valence-electron chi connectivity index (χ1n) is 5.23. The number of carbonyl (C=O) groups is 1. The van der Waals surface area contributed by atoms with Crippen molar-refractivity contribution in [1.29, 1.82) is 0 Å². The van der Waals surface area contributed by atoms with E-state index in [1.165, 1.54) is 6.07 Å². The molecule has 2 N–H and O–H groups in total. The number of carboxylic acid groups (broad SMARTS) is 1. The zero-order valence-corrected chi connectivity index (χ0v) is 9.48. The highest BCUT2D eigenvalue weighted by Crippen LogP contribution is 2.10. The molecule has 98 valence electrons. The lowest BCUT2D eigenvalue weighted by Gasteiger charge is -2.02. The van der Waals surface area contributed by atoms with Gasteiger partial charge in [-0.25, -0.2) is 18.6 Å². The van der Waals surface area contributed by atoms with Gasteiger partial charge in [-0.15, -0.1) is 0 Å². The van der Waals surface area contributed by atoms with Gasteiger partial charge in [0, 0.05) is 12.6 Å². The van der Waals surface area contributed by atoms with Gasteiger partial charge in [0.05, 0.1) is 0 Å². The molecule has 0 spiro atoms. The summed E-state index contributed by atoms with van der Waals surface area (Å²) in [5.74, 6) is -3.18. The molecule has 5 nitrogen and oxygen atoms in total.